The summed E-state index contributed by atoms with van der Waals surface area (Å²) in [6, 6.07) is 3.10. The van der Waals surface area contributed by atoms with Crippen LogP contribution in [-0.2, 0) is 0 Å². The van der Waals surface area contributed by atoms with Crippen LogP contribution in [0, 0.1) is 46.3 Å². The van der Waals surface area contributed by atoms with E-state index >= 15 is 0 Å². The molecule has 0 radical (unpaired) electrons. The normalized spacial score (nSPS) is 31.7. The van der Waals surface area contributed by atoms with Gasteiger partial charge in [0.25, 0.3) is 0 Å². The van der Waals surface area contributed by atoms with E-state index in [1.54, 1.807) is 13.8 Å². The summed E-state index contributed by atoms with van der Waals surface area (Å²) in [6.45, 7) is 3.30. The summed E-state index contributed by atoms with van der Waals surface area (Å²) >= 11 is 0. The molecular formula is C20H23F2N3O. The molecule has 4 fully saturated rings. The van der Waals surface area contributed by atoms with Gasteiger partial charge in [-0.15, -0.1) is 0 Å². The van der Waals surface area contributed by atoms with E-state index in [-0.39, 0.29) is 17.1 Å². The first-order valence-electron chi connectivity index (χ1n) is 9.18. The molecule has 0 saturated heterocycles. The number of nitrogens with one attached hydrogen (secondary N) is 1. The van der Waals surface area contributed by atoms with Crippen molar-refractivity contribution in [3.63, 3.8) is 0 Å². The molecule has 2 unspecified atom stereocenters. The monoisotopic (exact) mass is 359 g/mol. The van der Waals surface area contributed by atoms with Crippen molar-refractivity contribution in [2.45, 2.75) is 57.1 Å². The van der Waals surface area contributed by atoms with E-state index in [1.165, 1.54) is 17.4 Å². The maximum Gasteiger partial charge on any atom is 0.185 e. The van der Waals surface area contributed by atoms with E-state index in [1.807, 2.05) is 0 Å². The van der Waals surface area contributed by atoms with E-state index in [2.05, 4.69) is 6.19 Å². The van der Waals surface area contributed by atoms with Gasteiger partial charge in [0.05, 0.1) is 5.54 Å². The van der Waals surface area contributed by atoms with Gasteiger partial charge in [0, 0.05) is 6.07 Å². The number of nitriles is 1. The van der Waals surface area contributed by atoms with Crippen LogP contribution >= 0.6 is 0 Å². The summed E-state index contributed by atoms with van der Waals surface area (Å²) in [5.41, 5.74) is -1.48. The molecule has 0 aromatic heterocycles. The Morgan fingerprint density at radius 2 is 1.92 bits per heavy atom. The van der Waals surface area contributed by atoms with Crippen LogP contribution in [0.2, 0.25) is 0 Å². The standard InChI is InChI=1S/C20H23F2N3O/c1-19(2,26-17-4-3-15(21)8-16(17)22)18(24)25(11-23)20-9-12-5-13(10-20)7-14(20)6-12/h3-4,8,12-14,24H,5-7,9-10H2,1-2H3. The van der Waals surface area contributed by atoms with Gasteiger partial charge in [-0.2, -0.15) is 5.26 Å². The van der Waals surface area contributed by atoms with Crippen LogP contribution in [0.25, 0.3) is 0 Å². The Labute approximate surface area is 152 Å². The smallest absolute Gasteiger partial charge is 0.185 e. The van der Waals surface area contributed by atoms with Crippen LogP contribution in [0.3, 0.4) is 0 Å². The van der Waals surface area contributed by atoms with E-state index in [0.29, 0.717) is 17.8 Å². The van der Waals surface area contributed by atoms with Gasteiger partial charge in [-0.3, -0.25) is 10.3 Å². The molecule has 4 saturated carbocycles. The molecule has 4 aliphatic carbocycles. The lowest BCUT2D eigenvalue weighted by Gasteiger charge is -2.43. The number of nitrogens with zero attached hydrogens (tertiary/aromatic N) is 2. The zero-order valence-electron chi connectivity index (χ0n) is 15.1. The highest BCUT2D eigenvalue weighted by molar-refractivity contribution is 5.89. The average molecular weight is 359 g/mol. The predicted molar refractivity (Wildman–Crippen MR) is 92.5 cm³/mol. The molecule has 4 nitrogen and oxygen atoms in total. The molecule has 5 rings (SSSR count). The van der Waals surface area contributed by atoms with Crippen LogP contribution in [0.4, 0.5) is 8.78 Å². The minimum absolute atomic E-state index is 0.0388. The Hall–Kier alpha value is -2.16. The van der Waals surface area contributed by atoms with Crippen molar-refractivity contribution in [1.82, 2.24) is 4.90 Å². The van der Waals surface area contributed by atoms with Crippen LogP contribution < -0.4 is 4.74 Å². The Morgan fingerprint density at radius 1 is 1.27 bits per heavy atom. The molecule has 138 valence electrons. The van der Waals surface area contributed by atoms with Gasteiger partial charge in [-0.25, -0.2) is 8.78 Å². The van der Waals surface area contributed by atoms with Crippen LogP contribution in [-0.4, -0.2) is 21.9 Å². The fourth-order valence-corrected chi connectivity index (χ4v) is 5.64. The lowest BCUT2D eigenvalue weighted by atomic mass is 9.79. The number of ether oxygens (including phenoxy) is 1. The molecule has 1 aromatic rings. The first-order chi connectivity index (χ1) is 12.2. The van der Waals surface area contributed by atoms with Crippen LogP contribution in [0.5, 0.6) is 5.75 Å². The fourth-order valence-electron chi connectivity index (χ4n) is 5.64. The molecular weight excluding hydrogens is 336 g/mol. The second-order valence-corrected chi connectivity index (χ2v) is 8.62. The Bertz CT molecular complexity index is 787. The molecule has 1 N–H and O–H groups in total. The summed E-state index contributed by atoms with van der Waals surface area (Å²) in [7, 11) is 0. The number of hydrogen-bond donors (Lipinski definition) is 1. The highest BCUT2D eigenvalue weighted by Gasteiger charge is 2.62. The van der Waals surface area contributed by atoms with Crippen molar-refractivity contribution in [2.75, 3.05) is 0 Å². The van der Waals surface area contributed by atoms with Gasteiger partial charge in [-0.1, -0.05) is 0 Å². The summed E-state index contributed by atoms with van der Waals surface area (Å²) in [4.78, 5) is 1.54. The van der Waals surface area contributed by atoms with Gasteiger partial charge < -0.3 is 4.74 Å². The molecule has 0 spiro atoms. The second-order valence-electron chi connectivity index (χ2n) is 8.62. The summed E-state index contributed by atoms with van der Waals surface area (Å²) in [5.74, 6) is 0.174. The van der Waals surface area contributed by atoms with Crippen LogP contribution in [0.1, 0.15) is 46.0 Å². The molecule has 0 amide bonds. The van der Waals surface area contributed by atoms with E-state index in [0.717, 1.165) is 37.8 Å². The number of benzene rings is 1. The van der Waals surface area contributed by atoms with Crippen molar-refractivity contribution in [1.29, 1.82) is 10.7 Å². The highest BCUT2D eigenvalue weighted by Crippen LogP contribution is 2.62. The Kier molecular flexibility index (Phi) is 3.76. The summed E-state index contributed by atoms with van der Waals surface area (Å²) in [5, 5.41) is 18.6. The van der Waals surface area contributed by atoms with Crippen molar-refractivity contribution < 1.29 is 13.5 Å². The SMILES string of the molecule is CC(C)(Oc1ccc(F)cc1F)C(=N)N(C#N)C12CC3CC(CC1C3)C2. The summed E-state index contributed by atoms with van der Waals surface area (Å²) < 4.78 is 32.8. The van der Waals surface area contributed by atoms with Gasteiger partial charge in [0.15, 0.2) is 29.2 Å². The number of rotatable bonds is 4. The van der Waals surface area contributed by atoms with E-state index in [9.17, 15) is 14.0 Å². The Morgan fingerprint density at radius 3 is 2.50 bits per heavy atom. The number of hydrogen-bond acceptors (Lipinski definition) is 3. The number of halogens is 2. The molecule has 6 heteroatoms. The molecule has 1 aromatic carbocycles. The van der Waals surface area contributed by atoms with Crippen molar-refractivity contribution in [2.24, 2.45) is 17.8 Å². The largest absolute Gasteiger partial charge is 0.477 e. The molecule has 0 aliphatic heterocycles. The van der Waals surface area contributed by atoms with Gasteiger partial charge in [-0.05, 0) is 75.8 Å². The third-order valence-corrected chi connectivity index (χ3v) is 6.54. The van der Waals surface area contributed by atoms with Gasteiger partial charge in [0.1, 0.15) is 5.82 Å². The highest BCUT2D eigenvalue weighted by atomic mass is 19.1. The maximum absolute atomic E-state index is 14.0. The van der Waals surface area contributed by atoms with Crippen molar-refractivity contribution >= 4 is 5.84 Å². The van der Waals surface area contributed by atoms with Crippen molar-refractivity contribution in [3.05, 3.63) is 29.8 Å². The zero-order valence-corrected chi connectivity index (χ0v) is 15.1. The first kappa shape index (κ1) is 17.3. The first-order valence-corrected chi connectivity index (χ1v) is 9.18. The fraction of sp³-hybridized carbons (Fsp3) is 0.600. The minimum atomic E-state index is -1.21. The summed E-state index contributed by atoms with van der Waals surface area (Å²) in [6.07, 6.45) is 7.65. The molecule has 4 bridgehead atoms. The second kappa shape index (κ2) is 5.67. The quantitative estimate of drug-likeness (QED) is 0.374. The molecule has 26 heavy (non-hydrogen) atoms. The lowest BCUT2D eigenvalue weighted by molar-refractivity contribution is 0.120. The molecule has 0 heterocycles. The predicted octanol–water partition coefficient (Wildman–Crippen LogP) is 4.46. The van der Waals surface area contributed by atoms with Gasteiger partial charge in [0.2, 0.25) is 0 Å². The van der Waals surface area contributed by atoms with Gasteiger partial charge >= 0.3 is 0 Å². The lowest BCUT2D eigenvalue weighted by Crippen LogP contribution is -2.57. The molecule has 2 atom stereocenters. The van der Waals surface area contributed by atoms with Crippen molar-refractivity contribution in [3.8, 4) is 11.9 Å². The zero-order chi connectivity index (χ0) is 18.7. The minimum Gasteiger partial charge on any atom is -0.477 e. The average Bonchev–Trinajstić information content (AvgIpc) is 2.95. The third-order valence-electron chi connectivity index (χ3n) is 6.54. The van der Waals surface area contributed by atoms with E-state index < -0.39 is 17.2 Å². The third kappa shape index (κ3) is 2.48. The van der Waals surface area contributed by atoms with Crippen LogP contribution in [0.15, 0.2) is 18.2 Å². The topological polar surface area (TPSA) is 60.1 Å². The molecule has 4 aliphatic rings. The van der Waals surface area contributed by atoms with E-state index in [4.69, 9.17) is 10.1 Å². The maximum atomic E-state index is 14.0. The number of amidine groups is 1. The Balaban J connectivity index is 1.60.